The Balaban J connectivity index is 1.83. The summed E-state index contributed by atoms with van der Waals surface area (Å²) >= 11 is 1.60. The second-order valence-corrected chi connectivity index (χ2v) is 4.51. The molecule has 0 saturated carbocycles. The molecule has 0 unspecified atom stereocenters. The lowest BCUT2D eigenvalue weighted by Gasteiger charge is -2.02. The van der Waals surface area contributed by atoms with Gasteiger partial charge in [-0.1, -0.05) is 0 Å². The predicted octanol–water partition coefficient (Wildman–Crippen LogP) is 1.10. The molecule has 0 aliphatic heterocycles. The van der Waals surface area contributed by atoms with E-state index >= 15 is 0 Å². The van der Waals surface area contributed by atoms with Gasteiger partial charge in [-0.25, -0.2) is 0 Å². The SMILES string of the molecule is O=CNCCCNC(=O)c1cc2sccc2[nH]1. The average molecular weight is 251 g/mol. The smallest absolute Gasteiger partial charge is 0.267 e. The monoisotopic (exact) mass is 251 g/mol. The van der Waals surface area contributed by atoms with Gasteiger partial charge in [-0.05, 0) is 23.9 Å². The Labute approximate surface area is 102 Å². The summed E-state index contributed by atoms with van der Waals surface area (Å²) in [5, 5.41) is 7.31. The molecule has 2 heterocycles. The fraction of sp³-hybridized carbons (Fsp3) is 0.273. The molecule has 0 fully saturated rings. The summed E-state index contributed by atoms with van der Waals surface area (Å²) < 4.78 is 1.08. The van der Waals surface area contributed by atoms with Gasteiger partial charge in [0.2, 0.25) is 6.41 Å². The lowest BCUT2D eigenvalue weighted by Crippen LogP contribution is -2.27. The molecule has 2 aromatic heterocycles. The number of carbonyl (C=O) groups is 2. The molecule has 90 valence electrons. The minimum Gasteiger partial charge on any atom is -0.359 e. The summed E-state index contributed by atoms with van der Waals surface area (Å²) in [6, 6.07) is 3.80. The molecule has 0 aromatic carbocycles. The highest BCUT2D eigenvalue weighted by Crippen LogP contribution is 2.20. The molecule has 2 amide bonds. The second-order valence-electron chi connectivity index (χ2n) is 3.56. The van der Waals surface area contributed by atoms with E-state index in [0.29, 0.717) is 25.2 Å². The number of nitrogens with one attached hydrogen (secondary N) is 3. The van der Waals surface area contributed by atoms with E-state index in [4.69, 9.17) is 0 Å². The van der Waals surface area contributed by atoms with Gasteiger partial charge in [-0.3, -0.25) is 9.59 Å². The number of H-pyrrole nitrogens is 1. The largest absolute Gasteiger partial charge is 0.359 e. The average Bonchev–Trinajstić information content (AvgIpc) is 2.88. The van der Waals surface area contributed by atoms with Crippen molar-refractivity contribution in [1.82, 2.24) is 15.6 Å². The minimum absolute atomic E-state index is 0.112. The fourth-order valence-corrected chi connectivity index (χ4v) is 2.30. The van der Waals surface area contributed by atoms with Crippen LogP contribution < -0.4 is 10.6 Å². The van der Waals surface area contributed by atoms with Crippen molar-refractivity contribution >= 4 is 33.9 Å². The van der Waals surface area contributed by atoms with Crippen LogP contribution in [-0.2, 0) is 4.79 Å². The number of carbonyl (C=O) groups excluding carboxylic acids is 2. The summed E-state index contributed by atoms with van der Waals surface area (Å²) in [7, 11) is 0. The zero-order valence-corrected chi connectivity index (χ0v) is 9.97. The Morgan fingerprint density at radius 1 is 1.47 bits per heavy atom. The maximum atomic E-state index is 11.7. The van der Waals surface area contributed by atoms with Crippen molar-refractivity contribution in [3.8, 4) is 0 Å². The number of hydrogen-bond donors (Lipinski definition) is 3. The van der Waals surface area contributed by atoms with Crippen molar-refractivity contribution in [3.63, 3.8) is 0 Å². The van der Waals surface area contributed by atoms with E-state index in [1.807, 2.05) is 17.5 Å². The van der Waals surface area contributed by atoms with Gasteiger partial charge < -0.3 is 15.6 Å². The van der Waals surface area contributed by atoms with Crippen molar-refractivity contribution in [1.29, 1.82) is 0 Å². The zero-order chi connectivity index (χ0) is 12.1. The van der Waals surface area contributed by atoms with E-state index in [2.05, 4.69) is 15.6 Å². The third-order valence-electron chi connectivity index (χ3n) is 2.35. The van der Waals surface area contributed by atoms with Gasteiger partial charge in [0, 0.05) is 13.1 Å². The summed E-state index contributed by atoms with van der Waals surface area (Å²) in [5.41, 5.74) is 1.57. The second kappa shape index (κ2) is 5.49. The Kier molecular flexibility index (Phi) is 3.77. The molecule has 0 bridgehead atoms. The minimum atomic E-state index is -0.112. The number of hydrogen-bond acceptors (Lipinski definition) is 3. The summed E-state index contributed by atoms with van der Waals surface area (Å²) in [5.74, 6) is -0.112. The van der Waals surface area contributed by atoms with Gasteiger partial charge in [0.05, 0.1) is 10.2 Å². The number of aromatic nitrogens is 1. The first-order valence-corrected chi connectivity index (χ1v) is 6.20. The molecule has 6 heteroatoms. The highest BCUT2D eigenvalue weighted by molar-refractivity contribution is 7.17. The number of rotatable bonds is 6. The van der Waals surface area contributed by atoms with Crippen molar-refractivity contribution in [3.05, 3.63) is 23.2 Å². The highest BCUT2D eigenvalue weighted by Gasteiger charge is 2.08. The molecule has 0 atom stereocenters. The highest BCUT2D eigenvalue weighted by atomic mass is 32.1. The van der Waals surface area contributed by atoms with Crippen LogP contribution in [0.3, 0.4) is 0 Å². The maximum absolute atomic E-state index is 11.7. The van der Waals surface area contributed by atoms with Gasteiger partial charge in [0.25, 0.3) is 5.91 Å². The van der Waals surface area contributed by atoms with E-state index in [9.17, 15) is 9.59 Å². The molecule has 0 spiro atoms. The lowest BCUT2D eigenvalue weighted by atomic mass is 10.3. The van der Waals surface area contributed by atoms with E-state index in [1.54, 1.807) is 11.3 Å². The van der Waals surface area contributed by atoms with Crippen LogP contribution in [0.4, 0.5) is 0 Å². The molecular formula is C11H13N3O2S. The van der Waals surface area contributed by atoms with Crippen molar-refractivity contribution in [2.24, 2.45) is 0 Å². The van der Waals surface area contributed by atoms with Crippen LogP contribution in [0.2, 0.25) is 0 Å². The zero-order valence-electron chi connectivity index (χ0n) is 9.16. The van der Waals surface area contributed by atoms with E-state index in [0.717, 1.165) is 16.6 Å². The molecule has 3 N–H and O–H groups in total. The quantitative estimate of drug-likeness (QED) is 0.531. The first-order valence-electron chi connectivity index (χ1n) is 5.32. The van der Waals surface area contributed by atoms with Crippen molar-refractivity contribution < 1.29 is 9.59 Å². The lowest BCUT2D eigenvalue weighted by molar-refractivity contribution is -0.109. The van der Waals surface area contributed by atoms with Crippen LogP contribution in [0.15, 0.2) is 17.5 Å². The third-order valence-corrected chi connectivity index (χ3v) is 3.22. The van der Waals surface area contributed by atoms with Gasteiger partial charge in [-0.2, -0.15) is 0 Å². The Morgan fingerprint density at radius 2 is 2.35 bits per heavy atom. The van der Waals surface area contributed by atoms with Crippen LogP contribution in [-0.4, -0.2) is 30.4 Å². The maximum Gasteiger partial charge on any atom is 0.267 e. The van der Waals surface area contributed by atoms with Gasteiger partial charge in [0.15, 0.2) is 0 Å². The predicted molar refractivity (Wildman–Crippen MR) is 67.2 cm³/mol. The summed E-state index contributed by atoms with van der Waals surface area (Å²) in [4.78, 5) is 24.8. The van der Waals surface area contributed by atoms with E-state index in [-0.39, 0.29) is 5.91 Å². The van der Waals surface area contributed by atoms with Gasteiger partial charge in [0.1, 0.15) is 5.69 Å². The topological polar surface area (TPSA) is 74.0 Å². The molecule has 5 nitrogen and oxygen atoms in total. The molecule has 2 rings (SSSR count). The Hall–Kier alpha value is -1.82. The molecular weight excluding hydrogens is 238 g/mol. The molecule has 0 radical (unpaired) electrons. The Morgan fingerprint density at radius 3 is 3.12 bits per heavy atom. The molecule has 17 heavy (non-hydrogen) atoms. The molecule has 2 aromatic rings. The molecule has 0 aliphatic rings. The molecule has 0 aliphatic carbocycles. The van der Waals surface area contributed by atoms with Crippen LogP contribution in [0, 0.1) is 0 Å². The van der Waals surface area contributed by atoms with Crippen LogP contribution in [0.1, 0.15) is 16.9 Å². The fourth-order valence-electron chi connectivity index (χ4n) is 1.52. The first-order chi connectivity index (χ1) is 8.31. The van der Waals surface area contributed by atoms with E-state index in [1.165, 1.54) is 0 Å². The Bertz CT molecular complexity index is 489. The first kappa shape index (κ1) is 11.7. The van der Waals surface area contributed by atoms with Crippen LogP contribution in [0.25, 0.3) is 10.2 Å². The van der Waals surface area contributed by atoms with Crippen LogP contribution >= 0.6 is 11.3 Å². The third kappa shape index (κ3) is 2.85. The normalized spacial score (nSPS) is 10.4. The standard InChI is InChI=1S/C11H13N3O2S/c15-7-12-3-1-4-13-11(16)9-6-10-8(14-9)2-5-17-10/h2,5-7,14H,1,3-4H2,(H,12,15)(H,13,16). The number of aromatic amines is 1. The van der Waals surface area contributed by atoms with Gasteiger partial charge in [-0.15, -0.1) is 11.3 Å². The van der Waals surface area contributed by atoms with Crippen molar-refractivity contribution in [2.75, 3.05) is 13.1 Å². The van der Waals surface area contributed by atoms with E-state index < -0.39 is 0 Å². The van der Waals surface area contributed by atoms with Gasteiger partial charge >= 0.3 is 0 Å². The number of fused-ring (bicyclic) bond motifs is 1. The number of amides is 2. The summed E-state index contributed by atoms with van der Waals surface area (Å²) in [6.45, 7) is 1.12. The van der Waals surface area contributed by atoms with Crippen LogP contribution in [0.5, 0.6) is 0 Å². The summed E-state index contributed by atoms with van der Waals surface area (Å²) in [6.07, 6.45) is 1.38. The number of thiophene rings is 1. The molecule has 0 saturated heterocycles. The van der Waals surface area contributed by atoms with Crippen molar-refractivity contribution in [2.45, 2.75) is 6.42 Å².